The summed E-state index contributed by atoms with van der Waals surface area (Å²) in [6.45, 7) is 7.22. The van der Waals surface area contributed by atoms with Crippen molar-refractivity contribution in [3.05, 3.63) is 51.8 Å². The lowest BCUT2D eigenvalue weighted by atomic mass is 9.87. The molecule has 1 aromatic heterocycles. The van der Waals surface area contributed by atoms with Crippen LogP contribution in [-0.4, -0.2) is 15.8 Å². The van der Waals surface area contributed by atoms with Gasteiger partial charge >= 0.3 is 0 Å². The molecule has 0 aliphatic carbocycles. The molecule has 0 saturated carbocycles. The second kappa shape index (κ2) is 7.23. The number of aryl methyl sites for hydroxylation is 2. The molecular formula is C17H24BrN3. The van der Waals surface area contributed by atoms with Crippen LogP contribution in [0.25, 0.3) is 0 Å². The summed E-state index contributed by atoms with van der Waals surface area (Å²) >= 11 is 3.66. The number of hydrogen-bond acceptors (Lipinski definition) is 2. The Balaban J connectivity index is 2.22. The minimum atomic E-state index is 0.0927. The van der Waals surface area contributed by atoms with E-state index >= 15 is 0 Å². The Labute approximate surface area is 135 Å². The van der Waals surface area contributed by atoms with Crippen molar-refractivity contribution in [2.75, 3.05) is 0 Å². The minimum Gasteiger partial charge on any atom is -0.327 e. The molecule has 1 aromatic carbocycles. The van der Waals surface area contributed by atoms with Gasteiger partial charge in [-0.3, -0.25) is 4.68 Å². The molecule has 0 spiro atoms. The molecule has 0 aliphatic rings. The van der Waals surface area contributed by atoms with Crippen molar-refractivity contribution in [2.24, 2.45) is 5.73 Å². The van der Waals surface area contributed by atoms with Crippen LogP contribution in [0.3, 0.4) is 0 Å². The van der Waals surface area contributed by atoms with E-state index in [-0.39, 0.29) is 6.04 Å². The van der Waals surface area contributed by atoms with Crippen LogP contribution in [-0.2, 0) is 13.0 Å². The molecule has 21 heavy (non-hydrogen) atoms. The standard InChI is InChI=1S/C17H24BrN3/c1-4-14(13-9-7-6-8-10-13)15(19)11-16-17(18)12(3)20-21(16)5-2/h6-10,14-15H,4-5,11,19H2,1-3H3. The molecule has 114 valence electrons. The Morgan fingerprint density at radius 1 is 1.24 bits per heavy atom. The van der Waals surface area contributed by atoms with Gasteiger partial charge in [0.2, 0.25) is 0 Å². The van der Waals surface area contributed by atoms with Crippen molar-refractivity contribution >= 4 is 15.9 Å². The first-order valence-electron chi connectivity index (χ1n) is 7.60. The molecule has 0 aliphatic heterocycles. The Morgan fingerprint density at radius 2 is 1.90 bits per heavy atom. The predicted octanol–water partition coefficient (Wildman–Crippen LogP) is 4.04. The first kappa shape index (κ1) is 16.2. The molecule has 3 nitrogen and oxygen atoms in total. The number of benzene rings is 1. The SMILES string of the molecule is CCC(c1ccccc1)C(N)Cc1c(Br)c(C)nn1CC. The number of rotatable bonds is 6. The highest BCUT2D eigenvalue weighted by Crippen LogP contribution is 2.28. The molecule has 2 N–H and O–H groups in total. The average molecular weight is 350 g/mol. The fourth-order valence-electron chi connectivity index (χ4n) is 2.92. The molecule has 0 radical (unpaired) electrons. The Morgan fingerprint density at radius 3 is 2.48 bits per heavy atom. The number of halogens is 1. The molecule has 0 amide bonds. The lowest BCUT2D eigenvalue weighted by Gasteiger charge is -2.23. The number of nitrogens with zero attached hydrogens (tertiary/aromatic N) is 2. The normalized spacial score (nSPS) is 14.1. The molecule has 2 unspecified atom stereocenters. The Hall–Kier alpha value is -1.13. The van der Waals surface area contributed by atoms with Crippen molar-refractivity contribution in [3.63, 3.8) is 0 Å². The summed E-state index contributed by atoms with van der Waals surface area (Å²) in [6.07, 6.45) is 1.88. The van der Waals surface area contributed by atoms with E-state index in [4.69, 9.17) is 5.73 Å². The van der Waals surface area contributed by atoms with Gasteiger partial charge in [-0.25, -0.2) is 0 Å². The van der Waals surface area contributed by atoms with E-state index in [0.29, 0.717) is 5.92 Å². The van der Waals surface area contributed by atoms with Crippen molar-refractivity contribution in [1.82, 2.24) is 9.78 Å². The largest absolute Gasteiger partial charge is 0.327 e. The second-order valence-electron chi connectivity index (χ2n) is 5.46. The lowest BCUT2D eigenvalue weighted by Crippen LogP contribution is -2.31. The monoisotopic (exact) mass is 349 g/mol. The quantitative estimate of drug-likeness (QED) is 0.855. The molecule has 0 saturated heterocycles. The Kier molecular flexibility index (Phi) is 5.59. The van der Waals surface area contributed by atoms with Crippen molar-refractivity contribution in [3.8, 4) is 0 Å². The summed E-state index contributed by atoms with van der Waals surface area (Å²) in [5.41, 5.74) is 10.1. The lowest BCUT2D eigenvalue weighted by molar-refractivity contribution is 0.492. The second-order valence-corrected chi connectivity index (χ2v) is 6.25. The number of hydrogen-bond donors (Lipinski definition) is 1. The van der Waals surface area contributed by atoms with Crippen molar-refractivity contribution < 1.29 is 0 Å². The van der Waals surface area contributed by atoms with Crippen LogP contribution in [0.2, 0.25) is 0 Å². The fourth-order valence-corrected chi connectivity index (χ4v) is 3.36. The maximum absolute atomic E-state index is 6.53. The van der Waals surface area contributed by atoms with Crippen molar-refractivity contribution in [1.29, 1.82) is 0 Å². The number of aromatic nitrogens is 2. The van der Waals surface area contributed by atoms with Crippen LogP contribution >= 0.6 is 15.9 Å². The Bertz CT molecular complexity index is 577. The van der Waals surface area contributed by atoms with E-state index in [1.807, 2.05) is 13.0 Å². The minimum absolute atomic E-state index is 0.0927. The molecular weight excluding hydrogens is 326 g/mol. The molecule has 2 rings (SSSR count). The van der Waals surface area contributed by atoms with Gasteiger partial charge < -0.3 is 5.73 Å². The zero-order chi connectivity index (χ0) is 15.4. The van der Waals surface area contributed by atoms with Crippen LogP contribution < -0.4 is 5.73 Å². The van der Waals surface area contributed by atoms with Gasteiger partial charge in [-0.2, -0.15) is 5.10 Å². The highest BCUT2D eigenvalue weighted by molar-refractivity contribution is 9.10. The average Bonchev–Trinajstić information content (AvgIpc) is 2.77. The maximum Gasteiger partial charge on any atom is 0.0738 e. The molecule has 0 fully saturated rings. The van der Waals surface area contributed by atoms with Crippen molar-refractivity contribution in [2.45, 2.75) is 52.1 Å². The first-order valence-corrected chi connectivity index (χ1v) is 8.40. The third kappa shape index (κ3) is 3.55. The molecule has 2 atom stereocenters. The summed E-state index contributed by atoms with van der Waals surface area (Å²) in [5, 5.41) is 4.55. The van der Waals surface area contributed by atoms with Gasteiger partial charge in [0.1, 0.15) is 0 Å². The summed E-state index contributed by atoms with van der Waals surface area (Å²) in [6, 6.07) is 10.7. The topological polar surface area (TPSA) is 43.8 Å². The van der Waals surface area contributed by atoms with E-state index in [9.17, 15) is 0 Å². The zero-order valence-corrected chi connectivity index (χ0v) is 14.6. The fraction of sp³-hybridized carbons (Fsp3) is 0.471. The van der Waals surface area contributed by atoms with E-state index in [0.717, 1.165) is 29.6 Å². The third-order valence-electron chi connectivity index (χ3n) is 4.07. The van der Waals surface area contributed by atoms with E-state index < -0.39 is 0 Å². The predicted molar refractivity (Wildman–Crippen MR) is 91.5 cm³/mol. The van der Waals surface area contributed by atoms with Crippen LogP contribution in [0.5, 0.6) is 0 Å². The van der Waals surface area contributed by atoms with Gasteiger partial charge in [0.15, 0.2) is 0 Å². The van der Waals surface area contributed by atoms with Crippen LogP contribution in [0, 0.1) is 6.92 Å². The van der Waals surface area contributed by atoms with Gasteiger partial charge in [-0.05, 0) is 47.7 Å². The zero-order valence-electron chi connectivity index (χ0n) is 13.0. The molecule has 0 bridgehead atoms. The highest BCUT2D eigenvalue weighted by Gasteiger charge is 2.22. The summed E-state index contributed by atoms with van der Waals surface area (Å²) in [4.78, 5) is 0. The van der Waals surface area contributed by atoms with Crippen LogP contribution in [0.1, 0.15) is 43.1 Å². The van der Waals surface area contributed by atoms with Gasteiger partial charge in [0.05, 0.1) is 15.9 Å². The number of nitrogens with two attached hydrogens (primary N) is 1. The molecule has 2 aromatic rings. The van der Waals surface area contributed by atoms with Gasteiger partial charge in [-0.1, -0.05) is 37.3 Å². The smallest absolute Gasteiger partial charge is 0.0738 e. The van der Waals surface area contributed by atoms with E-state index in [1.54, 1.807) is 0 Å². The van der Waals surface area contributed by atoms with Gasteiger partial charge in [0.25, 0.3) is 0 Å². The summed E-state index contributed by atoms with van der Waals surface area (Å²) < 4.78 is 3.15. The van der Waals surface area contributed by atoms with Gasteiger partial charge in [0, 0.05) is 19.0 Å². The van der Waals surface area contributed by atoms with Gasteiger partial charge in [-0.15, -0.1) is 0 Å². The first-order chi connectivity index (χ1) is 10.1. The maximum atomic E-state index is 6.53. The van der Waals surface area contributed by atoms with Crippen LogP contribution in [0.15, 0.2) is 34.8 Å². The van der Waals surface area contributed by atoms with E-state index in [1.165, 1.54) is 11.3 Å². The summed E-state index contributed by atoms with van der Waals surface area (Å²) in [5.74, 6) is 0.374. The highest BCUT2D eigenvalue weighted by atomic mass is 79.9. The van der Waals surface area contributed by atoms with E-state index in [2.05, 4.69) is 63.8 Å². The third-order valence-corrected chi connectivity index (χ3v) is 5.10. The molecule has 4 heteroatoms. The molecule has 1 heterocycles. The van der Waals surface area contributed by atoms with Crippen LogP contribution in [0.4, 0.5) is 0 Å². The summed E-state index contributed by atoms with van der Waals surface area (Å²) in [7, 11) is 0.